The Balaban J connectivity index is 1.69. The molecule has 2 amide bonds. The molecule has 0 aromatic heterocycles. The summed E-state index contributed by atoms with van der Waals surface area (Å²) >= 11 is 0.870. The molecule has 1 heterocycles. The van der Waals surface area contributed by atoms with Crippen molar-refractivity contribution >= 4 is 46.0 Å². The van der Waals surface area contributed by atoms with Crippen LogP contribution in [0.25, 0.3) is 6.08 Å². The first-order chi connectivity index (χ1) is 13.3. The number of benzene rings is 2. The van der Waals surface area contributed by atoms with Crippen LogP contribution in [0.1, 0.15) is 5.56 Å². The Kier molecular flexibility index (Phi) is 5.65. The lowest BCUT2D eigenvalue weighted by atomic mass is 10.2. The molecule has 1 N–H and O–H groups in total. The summed E-state index contributed by atoms with van der Waals surface area (Å²) in [6.45, 7) is -0.0667. The molecule has 1 aliphatic heterocycles. The molecule has 9 heteroatoms. The van der Waals surface area contributed by atoms with Crippen molar-refractivity contribution in [2.45, 2.75) is 0 Å². The maximum Gasteiger partial charge on any atom is 0.295 e. The largest absolute Gasteiger partial charge is 0.378 e. The Morgan fingerprint density at radius 1 is 1.18 bits per heavy atom. The highest BCUT2D eigenvalue weighted by molar-refractivity contribution is 8.18. The van der Waals surface area contributed by atoms with Gasteiger partial charge in [-0.15, -0.1) is 0 Å². The Bertz CT molecular complexity index is 957. The number of nitrogens with zero attached hydrogens (tertiary/aromatic N) is 3. The second-order valence-corrected chi connectivity index (χ2v) is 7.23. The zero-order valence-electron chi connectivity index (χ0n) is 15.3. The van der Waals surface area contributed by atoms with Crippen molar-refractivity contribution < 1.29 is 14.5 Å². The van der Waals surface area contributed by atoms with Gasteiger partial charge in [-0.3, -0.25) is 24.6 Å². The molecule has 0 bridgehead atoms. The highest BCUT2D eigenvalue weighted by Crippen LogP contribution is 2.32. The minimum Gasteiger partial charge on any atom is -0.378 e. The number of imide groups is 1. The summed E-state index contributed by atoms with van der Waals surface area (Å²) in [7, 11) is 3.88. The molecule has 8 nitrogen and oxygen atoms in total. The molecule has 2 aromatic carbocycles. The van der Waals surface area contributed by atoms with Crippen molar-refractivity contribution in [3.63, 3.8) is 0 Å². The highest BCUT2D eigenvalue weighted by atomic mass is 32.2. The number of carbonyl (C=O) groups is 2. The quantitative estimate of drug-likeness (QED) is 0.449. The summed E-state index contributed by atoms with van der Waals surface area (Å²) in [6, 6.07) is 13.5. The number of thioether (sulfide) groups is 1. The number of non-ortho nitro benzene ring substituents is 1. The fourth-order valence-electron chi connectivity index (χ4n) is 2.56. The smallest absolute Gasteiger partial charge is 0.295 e. The van der Waals surface area contributed by atoms with Gasteiger partial charge in [0.15, 0.2) is 0 Å². The van der Waals surface area contributed by atoms with Gasteiger partial charge < -0.3 is 10.2 Å². The Morgan fingerprint density at radius 2 is 1.89 bits per heavy atom. The van der Waals surface area contributed by atoms with Crippen LogP contribution >= 0.6 is 11.8 Å². The van der Waals surface area contributed by atoms with Gasteiger partial charge >= 0.3 is 0 Å². The molecule has 144 valence electrons. The van der Waals surface area contributed by atoms with Gasteiger partial charge in [0.25, 0.3) is 16.8 Å². The van der Waals surface area contributed by atoms with E-state index in [1.807, 2.05) is 43.3 Å². The van der Waals surface area contributed by atoms with Crippen LogP contribution in [0.3, 0.4) is 0 Å². The first-order valence-corrected chi connectivity index (χ1v) is 9.18. The molecule has 0 saturated carbocycles. The molecule has 1 aliphatic rings. The Labute approximate surface area is 166 Å². The van der Waals surface area contributed by atoms with Crippen LogP contribution in [0, 0.1) is 10.1 Å². The molecule has 0 unspecified atom stereocenters. The first-order valence-electron chi connectivity index (χ1n) is 8.36. The molecule has 0 atom stereocenters. The van der Waals surface area contributed by atoms with Crippen LogP contribution in [-0.4, -0.2) is 41.7 Å². The molecule has 0 spiro atoms. The number of nitrogens with one attached hydrogen (secondary N) is 1. The van der Waals surface area contributed by atoms with Crippen LogP contribution in [0.2, 0.25) is 0 Å². The van der Waals surface area contributed by atoms with E-state index >= 15 is 0 Å². The second kappa shape index (κ2) is 8.13. The second-order valence-electron chi connectivity index (χ2n) is 6.24. The minimum atomic E-state index is -0.504. The van der Waals surface area contributed by atoms with Gasteiger partial charge in [0.2, 0.25) is 0 Å². The SMILES string of the molecule is CN(C)c1ccc(/C=C2\SC(=O)N(CNc3cccc([N+](=O)[O-])c3)C2=O)cc1. The van der Waals surface area contributed by atoms with Gasteiger partial charge in [-0.25, -0.2) is 0 Å². The number of carbonyl (C=O) groups excluding carboxylic acids is 2. The first kappa shape index (κ1) is 19.4. The van der Waals surface area contributed by atoms with E-state index in [0.717, 1.165) is 27.9 Å². The predicted molar refractivity (Wildman–Crippen MR) is 110 cm³/mol. The van der Waals surface area contributed by atoms with Crippen molar-refractivity contribution in [2.24, 2.45) is 0 Å². The van der Waals surface area contributed by atoms with E-state index in [0.29, 0.717) is 10.6 Å². The van der Waals surface area contributed by atoms with Crippen molar-refractivity contribution in [3.05, 3.63) is 69.1 Å². The molecule has 0 radical (unpaired) electrons. The molecule has 0 aliphatic carbocycles. The maximum atomic E-state index is 12.6. The molecule has 2 aromatic rings. The fourth-order valence-corrected chi connectivity index (χ4v) is 3.39. The summed E-state index contributed by atoms with van der Waals surface area (Å²) < 4.78 is 0. The zero-order valence-corrected chi connectivity index (χ0v) is 16.1. The average Bonchev–Trinajstić information content (AvgIpc) is 2.93. The minimum absolute atomic E-state index is 0.0667. The molecule has 1 fully saturated rings. The third kappa shape index (κ3) is 4.32. The van der Waals surface area contributed by atoms with Crippen molar-refractivity contribution in [1.29, 1.82) is 0 Å². The van der Waals surface area contributed by atoms with Crippen molar-refractivity contribution in [1.82, 2.24) is 4.90 Å². The number of rotatable bonds is 6. The third-order valence-corrected chi connectivity index (χ3v) is 4.99. The van der Waals surface area contributed by atoms with E-state index in [-0.39, 0.29) is 17.6 Å². The van der Waals surface area contributed by atoms with Gasteiger partial charge in [0.05, 0.1) is 16.5 Å². The van der Waals surface area contributed by atoms with Crippen LogP contribution in [0.4, 0.5) is 21.9 Å². The van der Waals surface area contributed by atoms with Gasteiger partial charge in [0, 0.05) is 37.6 Å². The van der Waals surface area contributed by atoms with Gasteiger partial charge in [-0.05, 0) is 41.6 Å². The van der Waals surface area contributed by atoms with Crippen molar-refractivity contribution in [3.8, 4) is 0 Å². The number of hydrogen-bond acceptors (Lipinski definition) is 7. The van der Waals surface area contributed by atoms with E-state index in [1.54, 1.807) is 12.1 Å². The third-order valence-electron chi connectivity index (χ3n) is 4.08. The Morgan fingerprint density at radius 3 is 2.54 bits per heavy atom. The summed E-state index contributed by atoms with van der Waals surface area (Å²) in [4.78, 5) is 38.5. The number of anilines is 2. The molecule has 1 saturated heterocycles. The van der Waals surface area contributed by atoms with Crippen molar-refractivity contribution in [2.75, 3.05) is 31.0 Å². The highest BCUT2D eigenvalue weighted by Gasteiger charge is 2.34. The topological polar surface area (TPSA) is 95.8 Å². The number of amides is 2. The lowest BCUT2D eigenvalue weighted by Gasteiger charge is -2.14. The normalized spacial score (nSPS) is 15.2. The lowest BCUT2D eigenvalue weighted by Crippen LogP contribution is -2.33. The van der Waals surface area contributed by atoms with E-state index in [9.17, 15) is 19.7 Å². The summed E-state index contributed by atoms with van der Waals surface area (Å²) in [5, 5.41) is 13.3. The van der Waals surface area contributed by atoms with E-state index < -0.39 is 10.8 Å². The molecule has 3 rings (SSSR count). The molecule has 28 heavy (non-hydrogen) atoms. The van der Waals surface area contributed by atoms with E-state index in [1.165, 1.54) is 18.2 Å². The molecular weight excluding hydrogens is 380 g/mol. The van der Waals surface area contributed by atoms with Gasteiger partial charge in [-0.1, -0.05) is 18.2 Å². The number of nitro groups is 1. The number of nitro benzene ring substituents is 1. The Hall–Kier alpha value is -3.33. The summed E-state index contributed by atoms with van der Waals surface area (Å²) in [6.07, 6.45) is 1.68. The van der Waals surface area contributed by atoms with Crippen LogP contribution in [0.5, 0.6) is 0 Å². The lowest BCUT2D eigenvalue weighted by molar-refractivity contribution is -0.384. The zero-order chi connectivity index (χ0) is 20.3. The van der Waals surface area contributed by atoms with E-state index in [2.05, 4.69) is 5.32 Å². The summed E-state index contributed by atoms with van der Waals surface area (Å²) in [5.41, 5.74) is 2.24. The molecular formula is C19H18N4O4S. The maximum absolute atomic E-state index is 12.6. The van der Waals surface area contributed by atoms with Gasteiger partial charge in [-0.2, -0.15) is 0 Å². The predicted octanol–water partition coefficient (Wildman–Crippen LogP) is 3.77. The van der Waals surface area contributed by atoms with Gasteiger partial charge in [0.1, 0.15) is 0 Å². The van der Waals surface area contributed by atoms with Crippen LogP contribution in [0.15, 0.2) is 53.4 Å². The monoisotopic (exact) mass is 398 g/mol. The van der Waals surface area contributed by atoms with Crippen LogP contribution in [-0.2, 0) is 4.79 Å². The van der Waals surface area contributed by atoms with E-state index in [4.69, 9.17) is 0 Å². The summed E-state index contributed by atoms with van der Waals surface area (Å²) in [5.74, 6) is -0.399. The standard InChI is InChI=1S/C19H18N4O4S/c1-21(2)15-8-6-13(7-9-15)10-17-18(24)22(19(25)28-17)12-20-14-4-3-5-16(11-14)23(26)27/h3-11,20H,12H2,1-2H3/b17-10-. The fraction of sp³-hybridized carbons (Fsp3) is 0.158. The average molecular weight is 398 g/mol. The van der Waals surface area contributed by atoms with Crippen LogP contribution < -0.4 is 10.2 Å². The number of hydrogen-bond donors (Lipinski definition) is 1.